The van der Waals surface area contributed by atoms with Crippen LogP contribution in [0.4, 0.5) is 4.79 Å². The number of carbonyl (C=O) groups is 3. The number of nitrogens with one attached hydrogen (secondary N) is 2. The number of urea groups is 1. The molecule has 0 atom stereocenters. The lowest BCUT2D eigenvalue weighted by molar-refractivity contribution is -0.140. The topological polar surface area (TPSA) is 134 Å². The maximum Gasteiger partial charge on any atom is 0.344 e. The van der Waals surface area contributed by atoms with Crippen molar-refractivity contribution in [2.45, 2.75) is 58.0 Å². The van der Waals surface area contributed by atoms with Crippen molar-refractivity contribution in [1.29, 1.82) is 0 Å². The number of rotatable bonds is 8. The number of furan rings is 1. The Hall–Kier alpha value is -3.21. The normalized spacial score (nSPS) is 23.2. The summed E-state index contributed by atoms with van der Waals surface area (Å²) in [6, 6.07) is 2.85. The molecule has 2 N–H and O–H groups in total. The summed E-state index contributed by atoms with van der Waals surface area (Å²) in [5.74, 6) is 0.738. The molecule has 1 spiro atoms. The second-order valence-corrected chi connectivity index (χ2v) is 8.56. The lowest BCUT2D eigenvalue weighted by Gasteiger charge is -2.33. The van der Waals surface area contributed by atoms with E-state index in [0.29, 0.717) is 37.0 Å². The molecule has 32 heavy (non-hydrogen) atoms. The summed E-state index contributed by atoms with van der Waals surface area (Å²) in [5, 5.41) is 11.6. The molecule has 1 saturated carbocycles. The maximum atomic E-state index is 12.9. The third kappa shape index (κ3) is 4.52. The fourth-order valence-corrected chi connectivity index (χ4v) is 4.22. The Labute approximate surface area is 185 Å². The number of carbonyl (C=O) groups excluding carboxylic acids is 3. The Bertz CT molecular complexity index is 963. The number of amides is 4. The van der Waals surface area contributed by atoms with E-state index in [1.807, 2.05) is 11.8 Å². The molecule has 1 aliphatic heterocycles. The Morgan fingerprint density at radius 2 is 2.12 bits per heavy atom. The number of hydrazine groups is 1. The molecular formula is C21H28N6O5. The minimum absolute atomic E-state index is 0.0343. The van der Waals surface area contributed by atoms with Crippen LogP contribution < -0.4 is 10.7 Å². The van der Waals surface area contributed by atoms with Crippen LogP contribution >= 0.6 is 0 Å². The highest BCUT2D eigenvalue weighted by Crippen LogP contribution is 2.35. The molecule has 0 bridgehead atoms. The van der Waals surface area contributed by atoms with E-state index in [0.717, 1.165) is 24.3 Å². The van der Waals surface area contributed by atoms with E-state index in [4.69, 9.17) is 8.83 Å². The highest BCUT2D eigenvalue weighted by Gasteiger charge is 2.52. The predicted octanol–water partition coefficient (Wildman–Crippen LogP) is 2.07. The number of hydrogen-bond donors (Lipinski definition) is 2. The molecule has 2 aromatic heterocycles. The van der Waals surface area contributed by atoms with Crippen LogP contribution in [0, 0.1) is 5.92 Å². The predicted molar refractivity (Wildman–Crippen MR) is 111 cm³/mol. The molecule has 4 rings (SSSR count). The summed E-state index contributed by atoms with van der Waals surface area (Å²) in [6.45, 7) is 4.92. The van der Waals surface area contributed by atoms with E-state index in [2.05, 4.69) is 27.9 Å². The zero-order chi connectivity index (χ0) is 22.7. The van der Waals surface area contributed by atoms with Gasteiger partial charge in [-0.05, 0) is 56.7 Å². The van der Waals surface area contributed by atoms with Crippen LogP contribution in [0.2, 0.25) is 0 Å². The average Bonchev–Trinajstić information content (AvgIpc) is 3.49. The summed E-state index contributed by atoms with van der Waals surface area (Å²) >= 11 is 0. The molecule has 2 aliphatic rings. The summed E-state index contributed by atoms with van der Waals surface area (Å²) < 4.78 is 10.9. The first-order valence-corrected chi connectivity index (χ1v) is 10.9. The van der Waals surface area contributed by atoms with Crippen LogP contribution in [0.3, 0.4) is 0 Å². The van der Waals surface area contributed by atoms with Gasteiger partial charge in [-0.15, -0.1) is 10.2 Å². The SMILES string of the molecule is CCCN(CC(=O)NN1C(=O)NC2(CCC(C)CC2)C1=O)Cc1nnc(-c2ccco2)o1. The highest BCUT2D eigenvalue weighted by atomic mass is 16.4. The van der Waals surface area contributed by atoms with Gasteiger partial charge in [0, 0.05) is 0 Å². The molecule has 1 aliphatic carbocycles. The number of nitrogens with zero attached hydrogens (tertiary/aromatic N) is 4. The highest BCUT2D eigenvalue weighted by molar-refractivity contribution is 6.08. The Balaban J connectivity index is 1.36. The summed E-state index contributed by atoms with van der Waals surface area (Å²) in [6.07, 6.45) is 5.20. The molecule has 0 radical (unpaired) electrons. The number of aromatic nitrogens is 2. The Morgan fingerprint density at radius 1 is 1.34 bits per heavy atom. The first-order chi connectivity index (χ1) is 15.4. The minimum atomic E-state index is -0.897. The van der Waals surface area contributed by atoms with Crippen LogP contribution in [0.25, 0.3) is 11.7 Å². The zero-order valence-corrected chi connectivity index (χ0v) is 18.3. The Morgan fingerprint density at radius 3 is 2.81 bits per heavy atom. The van der Waals surface area contributed by atoms with Gasteiger partial charge >= 0.3 is 6.03 Å². The van der Waals surface area contributed by atoms with Crippen molar-refractivity contribution in [1.82, 2.24) is 30.8 Å². The number of imide groups is 1. The van der Waals surface area contributed by atoms with Gasteiger partial charge < -0.3 is 14.2 Å². The molecule has 3 heterocycles. The van der Waals surface area contributed by atoms with Crippen LogP contribution in [0.15, 0.2) is 27.2 Å². The van der Waals surface area contributed by atoms with Crippen molar-refractivity contribution < 1.29 is 23.2 Å². The van der Waals surface area contributed by atoms with Gasteiger partial charge in [0.25, 0.3) is 17.7 Å². The van der Waals surface area contributed by atoms with Gasteiger partial charge in [0.2, 0.25) is 5.89 Å². The minimum Gasteiger partial charge on any atom is -0.459 e. The number of hydrogen-bond acceptors (Lipinski definition) is 8. The smallest absolute Gasteiger partial charge is 0.344 e. The van der Waals surface area contributed by atoms with E-state index >= 15 is 0 Å². The molecule has 4 amide bonds. The van der Waals surface area contributed by atoms with Crippen LogP contribution in [0.1, 0.15) is 51.8 Å². The monoisotopic (exact) mass is 444 g/mol. The van der Waals surface area contributed by atoms with E-state index in [9.17, 15) is 14.4 Å². The van der Waals surface area contributed by atoms with Gasteiger partial charge in [-0.1, -0.05) is 13.8 Å². The van der Waals surface area contributed by atoms with Gasteiger partial charge in [0.1, 0.15) is 5.54 Å². The summed E-state index contributed by atoms with van der Waals surface area (Å²) in [4.78, 5) is 39.8. The third-order valence-electron chi connectivity index (χ3n) is 5.99. The molecule has 0 unspecified atom stereocenters. The molecule has 11 heteroatoms. The van der Waals surface area contributed by atoms with Gasteiger partial charge in [0.05, 0.1) is 19.4 Å². The van der Waals surface area contributed by atoms with Crippen molar-refractivity contribution in [3.8, 4) is 11.7 Å². The lowest BCUT2D eigenvalue weighted by atomic mass is 9.77. The van der Waals surface area contributed by atoms with Crippen LogP contribution in [-0.2, 0) is 16.1 Å². The molecule has 2 fully saturated rings. The van der Waals surface area contributed by atoms with Gasteiger partial charge in [-0.3, -0.25) is 19.9 Å². The average molecular weight is 444 g/mol. The molecule has 11 nitrogen and oxygen atoms in total. The first-order valence-electron chi connectivity index (χ1n) is 10.9. The van der Waals surface area contributed by atoms with Crippen molar-refractivity contribution in [2.75, 3.05) is 13.1 Å². The third-order valence-corrected chi connectivity index (χ3v) is 5.99. The zero-order valence-electron chi connectivity index (χ0n) is 18.3. The first kappa shape index (κ1) is 22.0. The second-order valence-electron chi connectivity index (χ2n) is 8.56. The quantitative estimate of drug-likeness (QED) is 0.591. The van der Waals surface area contributed by atoms with Gasteiger partial charge in [-0.25, -0.2) is 4.79 Å². The largest absolute Gasteiger partial charge is 0.459 e. The van der Waals surface area contributed by atoms with E-state index in [1.165, 1.54) is 6.26 Å². The van der Waals surface area contributed by atoms with E-state index in [1.54, 1.807) is 12.1 Å². The van der Waals surface area contributed by atoms with Gasteiger partial charge in [0.15, 0.2) is 5.76 Å². The fourth-order valence-electron chi connectivity index (χ4n) is 4.22. The van der Waals surface area contributed by atoms with Crippen LogP contribution in [-0.4, -0.2) is 56.6 Å². The molecule has 2 aromatic rings. The fraction of sp³-hybridized carbons (Fsp3) is 0.571. The second kappa shape index (κ2) is 9.11. The summed E-state index contributed by atoms with van der Waals surface area (Å²) in [5.41, 5.74) is 1.58. The lowest BCUT2D eigenvalue weighted by Crippen LogP contribution is -2.52. The van der Waals surface area contributed by atoms with Crippen molar-refractivity contribution in [3.63, 3.8) is 0 Å². The van der Waals surface area contributed by atoms with E-state index in [-0.39, 0.29) is 24.9 Å². The van der Waals surface area contributed by atoms with Crippen LogP contribution in [0.5, 0.6) is 0 Å². The van der Waals surface area contributed by atoms with E-state index < -0.39 is 17.5 Å². The standard InChI is InChI=1S/C21H28N6O5/c1-3-10-26(13-17-23-24-18(32-17)15-5-4-11-31-15)12-16(28)25-27-19(29)21(22-20(27)30)8-6-14(2)7-9-21/h4-5,11,14H,3,6-10,12-13H2,1-2H3,(H,22,30)(H,25,28). The van der Waals surface area contributed by atoms with Crippen molar-refractivity contribution in [3.05, 3.63) is 24.3 Å². The summed E-state index contributed by atoms with van der Waals surface area (Å²) in [7, 11) is 0. The van der Waals surface area contributed by atoms with Crippen molar-refractivity contribution in [2.24, 2.45) is 5.92 Å². The molecule has 0 aromatic carbocycles. The maximum absolute atomic E-state index is 12.9. The Kier molecular flexibility index (Phi) is 6.26. The molecule has 1 saturated heterocycles. The van der Waals surface area contributed by atoms with Gasteiger partial charge in [-0.2, -0.15) is 5.01 Å². The van der Waals surface area contributed by atoms with Crippen molar-refractivity contribution >= 4 is 17.8 Å². The molecule has 172 valence electrons. The molecular weight excluding hydrogens is 416 g/mol.